The Hall–Kier alpha value is -1.06. The summed E-state index contributed by atoms with van der Waals surface area (Å²) in [5, 5.41) is 3.42. The van der Waals surface area contributed by atoms with Crippen molar-refractivity contribution in [2.45, 2.75) is 33.2 Å². The second-order valence-corrected chi connectivity index (χ2v) is 5.87. The van der Waals surface area contributed by atoms with Crippen molar-refractivity contribution in [3.63, 3.8) is 0 Å². The predicted octanol–water partition coefficient (Wildman–Crippen LogP) is 2.91. The smallest absolute Gasteiger partial charge is 0.119 e. The average Bonchev–Trinajstić information content (AvgIpc) is 2.85. The molecule has 0 aromatic heterocycles. The Kier molecular flexibility index (Phi) is 6.34. The quantitative estimate of drug-likeness (QED) is 0.739. The van der Waals surface area contributed by atoms with Gasteiger partial charge in [0.1, 0.15) is 12.4 Å². The molecule has 1 aliphatic heterocycles. The number of benzene rings is 1. The molecule has 1 fully saturated rings. The Labute approximate surface area is 123 Å². The van der Waals surface area contributed by atoms with Gasteiger partial charge in [-0.3, -0.25) is 4.90 Å². The van der Waals surface area contributed by atoms with E-state index >= 15 is 0 Å². The molecule has 20 heavy (non-hydrogen) atoms. The molecule has 1 aliphatic rings. The van der Waals surface area contributed by atoms with Crippen molar-refractivity contribution in [2.75, 3.05) is 32.8 Å². The molecule has 0 amide bonds. The summed E-state index contributed by atoms with van der Waals surface area (Å²) in [6.07, 6.45) is 2.50. The van der Waals surface area contributed by atoms with Gasteiger partial charge in [-0.25, -0.2) is 0 Å². The van der Waals surface area contributed by atoms with Gasteiger partial charge >= 0.3 is 0 Å². The maximum atomic E-state index is 5.88. The first kappa shape index (κ1) is 15.3. The maximum Gasteiger partial charge on any atom is 0.119 e. The summed E-state index contributed by atoms with van der Waals surface area (Å²) in [5.41, 5.74) is 1.30. The number of ether oxygens (including phenoxy) is 1. The fourth-order valence-electron chi connectivity index (χ4n) is 2.68. The Morgan fingerprint density at radius 1 is 1.40 bits per heavy atom. The fraction of sp³-hybridized carbons (Fsp3) is 0.647. The summed E-state index contributed by atoms with van der Waals surface area (Å²) in [7, 11) is 0. The molecule has 0 bridgehead atoms. The summed E-state index contributed by atoms with van der Waals surface area (Å²) in [6.45, 7) is 10.8. The van der Waals surface area contributed by atoms with Crippen LogP contribution in [0.2, 0.25) is 0 Å². The highest BCUT2D eigenvalue weighted by molar-refractivity contribution is 5.28. The molecule has 0 aliphatic carbocycles. The molecule has 0 spiro atoms. The Morgan fingerprint density at radius 2 is 2.30 bits per heavy atom. The van der Waals surface area contributed by atoms with Gasteiger partial charge in [0.25, 0.3) is 0 Å². The zero-order valence-corrected chi connectivity index (χ0v) is 12.9. The van der Waals surface area contributed by atoms with Crippen LogP contribution in [-0.4, -0.2) is 37.7 Å². The third-order valence-corrected chi connectivity index (χ3v) is 3.84. The summed E-state index contributed by atoms with van der Waals surface area (Å²) < 4.78 is 5.88. The van der Waals surface area contributed by atoms with Crippen molar-refractivity contribution in [2.24, 2.45) is 5.92 Å². The van der Waals surface area contributed by atoms with Crippen LogP contribution in [0.25, 0.3) is 0 Å². The molecule has 1 N–H and O–H groups in total. The van der Waals surface area contributed by atoms with Crippen LogP contribution in [-0.2, 0) is 6.54 Å². The molecule has 1 unspecified atom stereocenters. The molecule has 1 heterocycles. The van der Waals surface area contributed by atoms with E-state index < -0.39 is 0 Å². The van der Waals surface area contributed by atoms with Gasteiger partial charge in [0.05, 0.1) is 0 Å². The topological polar surface area (TPSA) is 24.5 Å². The summed E-state index contributed by atoms with van der Waals surface area (Å²) in [6, 6.07) is 8.43. The molecule has 2 rings (SSSR count). The van der Waals surface area contributed by atoms with E-state index in [1.807, 2.05) is 0 Å². The van der Waals surface area contributed by atoms with E-state index in [0.717, 1.165) is 37.9 Å². The largest absolute Gasteiger partial charge is 0.492 e. The average molecular weight is 276 g/mol. The molecule has 1 atom stereocenters. The summed E-state index contributed by atoms with van der Waals surface area (Å²) in [5.74, 6) is 1.84. The van der Waals surface area contributed by atoms with E-state index in [9.17, 15) is 0 Å². The van der Waals surface area contributed by atoms with Crippen molar-refractivity contribution in [3.05, 3.63) is 29.8 Å². The number of nitrogens with one attached hydrogen (secondary N) is 1. The van der Waals surface area contributed by atoms with Crippen molar-refractivity contribution in [1.29, 1.82) is 0 Å². The number of hydrogen-bond acceptors (Lipinski definition) is 3. The van der Waals surface area contributed by atoms with Crippen molar-refractivity contribution in [1.82, 2.24) is 10.2 Å². The minimum Gasteiger partial charge on any atom is -0.492 e. The van der Waals surface area contributed by atoms with E-state index in [1.54, 1.807) is 0 Å². The molecular formula is C17H28N2O. The lowest BCUT2D eigenvalue weighted by Gasteiger charge is -2.16. The number of rotatable bonds is 8. The molecule has 3 nitrogen and oxygen atoms in total. The molecule has 1 saturated heterocycles. The zero-order valence-electron chi connectivity index (χ0n) is 12.9. The maximum absolute atomic E-state index is 5.88. The minimum absolute atomic E-state index is 0.790. The number of nitrogens with zero attached hydrogens (tertiary/aromatic N) is 1. The van der Waals surface area contributed by atoms with Crippen molar-refractivity contribution in [3.8, 4) is 5.75 Å². The molecule has 1 aromatic carbocycles. The van der Waals surface area contributed by atoms with Crippen LogP contribution >= 0.6 is 0 Å². The lowest BCUT2D eigenvalue weighted by atomic mass is 10.2. The third kappa shape index (κ3) is 5.14. The zero-order chi connectivity index (χ0) is 14.2. The molecule has 0 radical (unpaired) electrons. The predicted molar refractivity (Wildman–Crippen MR) is 84.2 cm³/mol. The van der Waals surface area contributed by atoms with E-state index in [1.165, 1.54) is 31.5 Å². The van der Waals surface area contributed by atoms with Gasteiger partial charge in [0.15, 0.2) is 0 Å². The van der Waals surface area contributed by atoms with Gasteiger partial charge in [-0.15, -0.1) is 0 Å². The highest BCUT2D eigenvalue weighted by atomic mass is 16.5. The summed E-state index contributed by atoms with van der Waals surface area (Å²) in [4.78, 5) is 2.50. The van der Waals surface area contributed by atoms with Crippen molar-refractivity contribution >= 4 is 0 Å². The van der Waals surface area contributed by atoms with Gasteiger partial charge in [-0.05, 0) is 49.5 Å². The van der Waals surface area contributed by atoms with E-state index in [-0.39, 0.29) is 0 Å². The van der Waals surface area contributed by atoms with Crippen LogP contribution in [0.15, 0.2) is 24.3 Å². The van der Waals surface area contributed by atoms with Crippen LogP contribution in [0.5, 0.6) is 5.75 Å². The van der Waals surface area contributed by atoms with E-state index in [0.29, 0.717) is 0 Å². The first-order chi connectivity index (χ1) is 9.78. The Bertz CT molecular complexity index is 394. The summed E-state index contributed by atoms with van der Waals surface area (Å²) >= 11 is 0. The highest BCUT2D eigenvalue weighted by Crippen LogP contribution is 2.16. The lowest BCUT2D eigenvalue weighted by Crippen LogP contribution is -2.25. The Balaban J connectivity index is 1.70. The second kappa shape index (κ2) is 8.28. The molecule has 3 heteroatoms. The second-order valence-electron chi connectivity index (χ2n) is 5.87. The van der Waals surface area contributed by atoms with E-state index in [4.69, 9.17) is 4.74 Å². The van der Waals surface area contributed by atoms with Crippen LogP contribution in [0.1, 0.15) is 32.3 Å². The molecule has 0 saturated carbocycles. The molecule has 1 aromatic rings. The highest BCUT2D eigenvalue weighted by Gasteiger charge is 2.17. The first-order valence-electron chi connectivity index (χ1n) is 7.92. The normalized spacial score (nSPS) is 19.4. The van der Waals surface area contributed by atoms with Gasteiger partial charge in [-0.1, -0.05) is 26.0 Å². The van der Waals surface area contributed by atoms with Gasteiger partial charge < -0.3 is 10.1 Å². The lowest BCUT2D eigenvalue weighted by molar-refractivity contribution is 0.234. The Morgan fingerprint density at radius 3 is 3.05 bits per heavy atom. The van der Waals surface area contributed by atoms with E-state index in [2.05, 4.69) is 48.3 Å². The fourth-order valence-corrected chi connectivity index (χ4v) is 2.68. The standard InChI is InChI=1S/C17H28N2O/c1-3-8-18-13-16-5-4-6-17(12-16)20-11-10-19-9-7-15(2)14-19/h4-6,12,15,18H,3,7-11,13-14H2,1-2H3. The molecular weight excluding hydrogens is 248 g/mol. The van der Waals surface area contributed by atoms with Crippen LogP contribution in [0.4, 0.5) is 0 Å². The monoisotopic (exact) mass is 276 g/mol. The van der Waals surface area contributed by atoms with Gasteiger partial charge in [-0.2, -0.15) is 0 Å². The van der Waals surface area contributed by atoms with Crippen LogP contribution in [0, 0.1) is 5.92 Å². The first-order valence-corrected chi connectivity index (χ1v) is 7.92. The third-order valence-electron chi connectivity index (χ3n) is 3.84. The van der Waals surface area contributed by atoms with Crippen molar-refractivity contribution < 1.29 is 4.74 Å². The number of hydrogen-bond donors (Lipinski definition) is 1. The van der Waals surface area contributed by atoms with Gasteiger partial charge in [0, 0.05) is 19.6 Å². The molecule has 112 valence electrons. The SMILES string of the molecule is CCCNCc1cccc(OCCN2CCC(C)C2)c1. The number of likely N-dealkylation sites (tertiary alicyclic amines) is 1. The van der Waals surface area contributed by atoms with Gasteiger partial charge in [0.2, 0.25) is 0 Å². The minimum atomic E-state index is 0.790. The van der Waals surface area contributed by atoms with Crippen LogP contribution in [0.3, 0.4) is 0 Å². The van der Waals surface area contributed by atoms with Crippen LogP contribution < -0.4 is 10.1 Å².